The lowest BCUT2D eigenvalue weighted by atomic mass is 10.1. The number of benzene rings is 2. The Morgan fingerprint density at radius 1 is 1.11 bits per heavy atom. The largest absolute Gasteiger partial charge is 0.496 e. The second-order valence-electron chi connectivity index (χ2n) is 6.56. The Balaban J connectivity index is 1.85. The van der Waals surface area contributed by atoms with Gasteiger partial charge in [-0.1, -0.05) is 36.4 Å². The Morgan fingerprint density at radius 3 is 2.48 bits per heavy atom. The van der Waals surface area contributed by atoms with E-state index in [1.165, 1.54) is 4.68 Å². The van der Waals surface area contributed by atoms with Crippen molar-refractivity contribution in [2.75, 3.05) is 13.7 Å². The number of carbonyl (C=O) groups is 1. The number of para-hydroxylation sites is 1. The lowest BCUT2D eigenvalue weighted by Gasteiger charge is -2.14. The quantitative estimate of drug-likeness (QED) is 0.729. The van der Waals surface area contributed by atoms with Gasteiger partial charge in [0.2, 0.25) is 0 Å². The van der Waals surface area contributed by atoms with Crippen molar-refractivity contribution in [3.63, 3.8) is 0 Å². The highest BCUT2D eigenvalue weighted by Crippen LogP contribution is 2.18. The van der Waals surface area contributed by atoms with E-state index in [0.29, 0.717) is 23.7 Å². The van der Waals surface area contributed by atoms with Crippen LogP contribution in [0.3, 0.4) is 0 Å². The summed E-state index contributed by atoms with van der Waals surface area (Å²) in [5, 5.41) is 8.29. The smallest absolute Gasteiger partial charge is 0.274 e. The van der Waals surface area contributed by atoms with Gasteiger partial charge in [0.05, 0.1) is 18.5 Å². The summed E-state index contributed by atoms with van der Waals surface area (Å²) in [6.07, 6.45) is 0.636. The Kier molecular flexibility index (Phi) is 5.54. The Labute approximate surface area is 157 Å². The Morgan fingerprint density at radius 2 is 1.78 bits per heavy atom. The summed E-state index contributed by atoms with van der Waals surface area (Å²) in [6, 6.07) is 14.6. The predicted molar refractivity (Wildman–Crippen MR) is 105 cm³/mol. The average molecular weight is 365 g/mol. The van der Waals surface area contributed by atoms with Crippen molar-refractivity contribution in [3.8, 4) is 5.75 Å². The number of amides is 1. The van der Waals surface area contributed by atoms with Crippen LogP contribution in [0.4, 0.5) is 0 Å². The van der Waals surface area contributed by atoms with Crippen molar-refractivity contribution in [2.24, 2.45) is 0 Å². The van der Waals surface area contributed by atoms with Crippen LogP contribution in [0.2, 0.25) is 0 Å². The van der Waals surface area contributed by atoms with Gasteiger partial charge in [-0.2, -0.15) is 5.10 Å². The van der Waals surface area contributed by atoms with E-state index in [4.69, 9.17) is 4.74 Å². The molecule has 0 aliphatic carbocycles. The second-order valence-corrected chi connectivity index (χ2v) is 6.56. The molecule has 0 saturated heterocycles. The molecule has 0 unspecified atom stereocenters. The molecule has 0 radical (unpaired) electrons. The molecule has 1 amide bonds. The number of hydrogen-bond donors (Lipinski definition) is 1. The minimum absolute atomic E-state index is 0.137. The number of hydrogen-bond acceptors (Lipinski definition) is 4. The molecule has 0 saturated carbocycles. The topological polar surface area (TPSA) is 73.2 Å². The molecule has 3 rings (SSSR count). The molecule has 6 heteroatoms. The van der Waals surface area contributed by atoms with Gasteiger partial charge < -0.3 is 10.1 Å². The fraction of sp³-hybridized carbons (Fsp3) is 0.286. The SMILES string of the molecule is COc1ccccc1CCNC(=O)c1nn(C(C)C)c(=O)c2ccccc12. The van der Waals surface area contributed by atoms with Gasteiger partial charge >= 0.3 is 0 Å². The standard InChI is InChI=1S/C21H23N3O3/c1-14(2)24-21(26)17-10-6-5-9-16(17)19(23-24)20(25)22-13-12-15-8-4-7-11-18(15)27-3/h4-11,14H,12-13H2,1-3H3,(H,22,25). The van der Waals surface area contributed by atoms with E-state index in [2.05, 4.69) is 10.4 Å². The molecular formula is C21H23N3O3. The first-order chi connectivity index (χ1) is 13.0. The van der Waals surface area contributed by atoms with Crippen molar-refractivity contribution in [3.05, 3.63) is 70.1 Å². The van der Waals surface area contributed by atoms with Crippen LogP contribution in [-0.2, 0) is 6.42 Å². The number of rotatable bonds is 6. The molecule has 1 heterocycles. The molecule has 6 nitrogen and oxygen atoms in total. The van der Waals surface area contributed by atoms with Crippen molar-refractivity contribution in [1.29, 1.82) is 0 Å². The molecular weight excluding hydrogens is 342 g/mol. The van der Waals surface area contributed by atoms with Crippen LogP contribution in [-0.4, -0.2) is 29.3 Å². The highest BCUT2D eigenvalue weighted by atomic mass is 16.5. The third-order valence-electron chi connectivity index (χ3n) is 4.41. The Hall–Kier alpha value is -3.15. The van der Waals surface area contributed by atoms with E-state index in [1.807, 2.05) is 38.1 Å². The molecule has 1 aromatic heterocycles. The molecule has 0 atom stereocenters. The van der Waals surface area contributed by atoms with Crippen LogP contribution in [0.1, 0.15) is 35.9 Å². The highest BCUT2D eigenvalue weighted by molar-refractivity contribution is 6.04. The van der Waals surface area contributed by atoms with Crippen molar-refractivity contribution < 1.29 is 9.53 Å². The predicted octanol–water partition coefficient (Wildman–Crippen LogP) is 2.96. The van der Waals surface area contributed by atoms with E-state index in [-0.39, 0.29) is 23.2 Å². The van der Waals surface area contributed by atoms with Crippen LogP contribution in [0.5, 0.6) is 5.75 Å². The van der Waals surface area contributed by atoms with Gasteiger partial charge in [0.1, 0.15) is 5.75 Å². The van der Waals surface area contributed by atoms with Gasteiger partial charge in [-0.05, 0) is 38.0 Å². The monoisotopic (exact) mass is 365 g/mol. The summed E-state index contributed by atoms with van der Waals surface area (Å²) in [5.41, 5.74) is 1.09. The number of carbonyl (C=O) groups excluding carboxylic acids is 1. The molecule has 1 N–H and O–H groups in total. The number of methoxy groups -OCH3 is 1. The Bertz CT molecular complexity index is 1020. The molecule has 0 fully saturated rings. The fourth-order valence-electron chi connectivity index (χ4n) is 3.03. The van der Waals surface area contributed by atoms with Crippen LogP contribution >= 0.6 is 0 Å². The zero-order valence-corrected chi connectivity index (χ0v) is 15.7. The van der Waals surface area contributed by atoms with Gasteiger partial charge in [0, 0.05) is 11.9 Å². The van der Waals surface area contributed by atoms with Crippen LogP contribution in [0.25, 0.3) is 10.8 Å². The van der Waals surface area contributed by atoms with Crippen molar-refractivity contribution >= 4 is 16.7 Å². The third kappa shape index (κ3) is 3.84. The van der Waals surface area contributed by atoms with E-state index < -0.39 is 0 Å². The maximum atomic E-state index is 12.8. The fourth-order valence-corrected chi connectivity index (χ4v) is 3.03. The number of nitrogens with zero attached hydrogens (tertiary/aromatic N) is 2. The zero-order valence-electron chi connectivity index (χ0n) is 15.7. The maximum absolute atomic E-state index is 12.8. The summed E-state index contributed by atoms with van der Waals surface area (Å²) in [7, 11) is 1.63. The van der Waals surface area contributed by atoms with Gasteiger partial charge in [0.15, 0.2) is 5.69 Å². The van der Waals surface area contributed by atoms with Crippen molar-refractivity contribution in [2.45, 2.75) is 26.3 Å². The summed E-state index contributed by atoms with van der Waals surface area (Å²) >= 11 is 0. The molecule has 2 aromatic carbocycles. The molecule has 140 valence electrons. The van der Waals surface area contributed by atoms with Gasteiger partial charge in [0.25, 0.3) is 11.5 Å². The summed E-state index contributed by atoms with van der Waals surface area (Å²) in [4.78, 5) is 25.3. The minimum Gasteiger partial charge on any atom is -0.496 e. The average Bonchev–Trinajstić information content (AvgIpc) is 2.68. The lowest BCUT2D eigenvalue weighted by molar-refractivity contribution is 0.0948. The lowest BCUT2D eigenvalue weighted by Crippen LogP contribution is -2.32. The number of fused-ring (bicyclic) bond motifs is 1. The highest BCUT2D eigenvalue weighted by Gasteiger charge is 2.17. The van der Waals surface area contributed by atoms with Gasteiger partial charge in [-0.3, -0.25) is 9.59 Å². The summed E-state index contributed by atoms with van der Waals surface area (Å²) in [6.45, 7) is 4.18. The molecule has 27 heavy (non-hydrogen) atoms. The minimum atomic E-state index is -0.296. The van der Waals surface area contributed by atoms with E-state index in [9.17, 15) is 9.59 Å². The van der Waals surface area contributed by atoms with E-state index in [1.54, 1.807) is 31.4 Å². The number of aromatic nitrogens is 2. The van der Waals surface area contributed by atoms with E-state index >= 15 is 0 Å². The zero-order chi connectivity index (χ0) is 19.4. The number of ether oxygens (including phenoxy) is 1. The molecule has 3 aromatic rings. The van der Waals surface area contributed by atoms with Crippen LogP contribution < -0.4 is 15.6 Å². The summed E-state index contributed by atoms with van der Waals surface area (Å²) in [5.74, 6) is 0.499. The molecule has 0 aliphatic rings. The van der Waals surface area contributed by atoms with Gasteiger partial charge in [-0.15, -0.1) is 0 Å². The van der Waals surface area contributed by atoms with Crippen LogP contribution in [0, 0.1) is 0 Å². The summed E-state index contributed by atoms with van der Waals surface area (Å²) < 4.78 is 6.70. The third-order valence-corrected chi connectivity index (χ3v) is 4.41. The molecule has 0 bridgehead atoms. The molecule has 0 aliphatic heterocycles. The van der Waals surface area contributed by atoms with Crippen molar-refractivity contribution in [1.82, 2.24) is 15.1 Å². The normalized spacial score (nSPS) is 11.0. The second kappa shape index (κ2) is 8.03. The first kappa shape index (κ1) is 18.6. The maximum Gasteiger partial charge on any atom is 0.274 e. The number of nitrogens with one attached hydrogen (secondary N) is 1. The first-order valence-corrected chi connectivity index (χ1v) is 8.94. The van der Waals surface area contributed by atoms with E-state index in [0.717, 1.165) is 11.3 Å². The van der Waals surface area contributed by atoms with Gasteiger partial charge in [-0.25, -0.2) is 4.68 Å². The van der Waals surface area contributed by atoms with Crippen LogP contribution in [0.15, 0.2) is 53.3 Å². The first-order valence-electron chi connectivity index (χ1n) is 8.94. The molecule has 0 spiro atoms.